The van der Waals surface area contributed by atoms with E-state index in [1.54, 1.807) is 12.1 Å². The van der Waals surface area contributed by atoms with Crippen LogP contribution in [0, 0.1) is 22.6 Å². The van der Waals surface area contributed by atoms with E-state index >= 15 is 0 Å². The maximum absolute atomic E-state index is 13.0. The second-order valence-electron chi connectivity index (χ2n) is 7.31. The third-order valence-electron chi connectivity index (χ3n) is 5.56. The standard InChI is InChI=1S/C18H28FN/c1-6-11-20-15(16-17(2,3)18(16,4)5)12-13-7-9-14(19)10-8-13/h7-10,15-16,20H,6,11-12H2,1-5H3. The molecule has 0 aliphatic heterocycles. The van der Waals surface area contributed by atoms with E-state index in [-0.39, 0.29) is 5.82 Å². The fourth-order valence-corrected chi connectivity index (χ4v) is 3.77. The van der Waals surface area contributed by atoms with Gasteiger partial charge >= 0.3 is 0 Å². The molecule has 1 aromatic rings. The summed E-state index contributed by atoms with van der Waals surface area (Å²) in [5, 5.41) is 3.71. The molecule has 1 aliphatic rings. The van der Waals surface area contributed by atoms with Gasteiger partial charge in [-0.1, -0.05) is 46.8 Å². The second-order valence-corrected chi connectivity index (χ2v) is 7.31. The lowest BCUT2D eigenvalue weighted by atomic mass is 9.96. The van der Waals surface area contributed by atoms with Crippen molar-refractivity contribution in [3.8, 4) is 0 Å². The van der Waals surface area contributed by atoms with Crippen LogP contribution in [0.2, 0.25) is 0 Å². The zero-order chi connectivity index (χ0) is 15.0. The summed E-state index contributed by atoms with van der Waals surface area (Å²) < 4.78 is 13.0. The summed E-state index contributed by atoms with van der Waals surface area (Å²) >= 11 is 0. The van der Waals surface area contributed by atoms with Crippen molar-refractivity contribution in [2.45, 2.75) is 53.5 Å². The fourth-order valence-electron chi connectivity index (χ4n) is 3.77. The highest BCUT2D eigenvalue weighted by atomic mass is 19.1. The minimum absolute atomic E-state index is 0.154. The summed E-state index contributed by atoms with van der Waals surface area (Å²) in [7, 11) is 0. The van der Waals surface area contributed by atoms with Gasteiger partial charge in [-0.3, -0.25) is 0 Å². The van der Waals surface area contributed by atoms with Gasteiger partial charge in [0.15, 0.2) is 0 Å². The lowest BCUT2D eigenvalue weighted by molar-refractivity contribution is 0.395. The van der Waals surface area contributed by atoms with Crippen molar-refractivity contribution in [2.24, 2.45) is 16.7 Å². The number of hydrogen-bond donors (Lipinski definition) is 1. The van der Waals surface area contributed by atoms with Crippen molar-refractivity contribution in [3.63, 3.8) is 0 Å². The summed E-state index contributed by atoms with van der Waals surface area (Å²) in [4.78, 5) is 0. The van der Waals surface area contributed by atoms with Crippen LogP contribution in [0.4, 0.5) is 4.39 Å². The van der Waals surface area contributed by atoms with Crippen LogP contribution in [-0.2, 0) is 6.42 Å². The van der Waals surface area contributed by atoms with E-state index in [2.05, 4.69) is 39.9 Å². The molecule has 0 aromatic heterocycles. The molecule has 1 aromatic carbocycles. The maximum Gasteiger partial charge on any atom is 0.123 e. The smallest absolute Gasteiger partial charge is 0.123 e. The van der Waals surface area contributed by atoms with E-state index in [1.165, 1.54) is 5.56 Å². The first-order valence-corrected chi connectivity index (χ1v) is 7.78. The van der Waals surface area contributed by atoms with Gasteiger partial charge in [-0.15, -0.1) is 0 Å². The Morgan fingerprint density at radius 2 is 1.65 bits per heavy atom. The molecule has 1 unspecified atom stereocenters. The summed E-state index contributed by atoms with van der Waals surface area (Å²) in [5.41, 5.74) is 1.97. The number of benzene rings is 1. The van der Waals surface area contributed by atoms with Crippen molar-refractivity contribution in [1.29, 1.82) is 0 Å². The molecule has 1 saturated carbocycles. The average molecular weight is 277 g/mol. The quantitative estimate of drug-likeness (QED) is 0.811. The van der Waals surface area contributed by atoms with Crippen molar-refractivity contribution in [2.75, 3.05) is 6.54 Å². The Bertz CT molecular complexity index is 433. The summed E-state index contributed by atoms with van der Waals surface area (Å²) in [6, 6.07) is 7.44. The second kappa shape index (κ2) is 5.48. The lowest BCUT2D eigenvalue weighted by Crippen LogP contribution is -2.36. The van der Waals surface area contributed by atoms with Gasteiger partial charge in [0, 0.05) is 6.04 Å². The number of hydrogen-bond acceptors (Lipinski definition) is 1. The molecule has 1 aliphatic carbocycles. The predicted molar refractivity (Wildman–Crippen MR) is 83.2 cm³/mol. The molecule has 2 rings (SSSR count). The van der Waals surface area contributed by atoms with Crippen LogP contribution in [0.3, 0.4) is 0 Å². The Hall–Kier alpha value is -0.890. The largest absolute Gasteiger partial charge is 0.313 e. The molecule has 0 heterocycles. The molecule has 1 nitrogen and oxygen atoms in total. The highest BCUT2D eigenvalue weighted by Crippen LogP contribution is 2.69. The predicted octanol–water partition coefficient (Wildman–Crippen LogP) is 4.42. The average Bonchev–Trinajstić information content (AvgIpc) is 2.78. The topological polar surface area (TPSA) is 12.0 Å². The minimum atomic E-state index is -0.154. The third kappa shape index (κ3) is 2.76. The molecule has 0 saturated heterocycles. The molecule has 1 atom stereocenters. The van der Waals surface area contributed by atoms with Crippen molar-refractivity contribution >= 4 is 0 Å². The van der Waals surface area contributed by atoms with Crippen LogP contribution in [0.25, 0.3) is 0 Å². The number of rotatable bonds is 6. The zero-order valence-corrected chi connectivity index (χ0v) is 13.5. The van der Waals surface area contributed by atoms with E-state index in [0.29, 0.717) is 22.8 Å². The molecule has 0 amide bonds. The van der Waals surface area contributed by atoms with Crippen LogP contribution in [0.15, 0.2) is 24.3 Å². The van der Waals surface area contributed by atoms with Gasteiger partial charge in [-0.05, 0) is 53.8 Å². The first-order chi connectivity index (χ1) is 9.30. The van der Waals surface area contributed by atoms with Crippen LogP contribution in [0.5, 0.6) is 0 Å². The summed E-state index contributed by atoms with van der Waals surface area (Å²) in [6.45, 7) is 12.7. The Labute approximate surface area is 123 Å². The number of halogens is 1. The van der Waals surface area contributed by atoms with Gasteiger partial charge in [0.25, 0.3) is 0 Å². The highest BCUT2D eigenvalue weighted by molar-refractivity contribution is 5.22. The molecule has 0 spiro atoms. The normalized spacial score (nSPS) is 21.7. The number of nitrogens with one attached hydrogen (secondary N) is 1. The van der Waals surface area contributed by atoms with Gasteiger partial charge in [0.05, 0.1) is 0 Å². The van der Waals surface area contributed by atoms with Crippen molar-refractivity contribution in [1.82, 2.24) is 5.32 Å². The van der Waals surface area contributed by atoms with Crippen LogP contribution in [0.1, 0.15) is 46.6 Å². The minimum Gasteiger partial charge on any atom is -0.313 e. The van der Waals surface area contributed by atoms with E-state index in [1.807, 2.05) is 12.1 Å². The van der Waals surface area contributed by atoms with E-state index in [0.717, 1.165) is 19.4 Å². The molecule has 1 N–H and O–H groups in total. The molecule has 0 bridgehead atoms. The monoisotopic (exact) mass is 277 g/mol. The van der Waals surface area contributed by atoms with Gasteiger partial charge in [-0.2, -0.15) is 0 Å². The lowest BCUT2D eigenvalue weighted by Gasteiger charge is -2.21. The summed E-state index contributed by atoms with van der Waals surface area (Å²) in [6.07, 6.45) is 2.13. The van der Waals surface area contributed by atoms with Gasteiger partial charge in [-0.25, -0.2) is 4.39 Å². The van der Waals surface area contributed by atoms with Gasteiger partial charge in [0.1, 0.15) is 5.82 Å². The molecule has 1 fully saturated rings. The van der Waals surface area contributed by atoms with E-state index < -0.39 is 0 Å². The van der Waals surface area contributed by atoms with Crippen LogP contribution >= 0.6 is 0 Å². The molecule has 0 radical (unpaired) electrons. The summed E-state index contributed by atoms with van der Waals surface area (Å²) in [5.74, 6) is 0.519. The molecule has 112 valence electrons. The van der Waals surface area contributed by atoms with Crippen LogP contribution < -0.4 is 5.32 Å². The van der Waals surface area contributed by atoms with Crippen molar-refractivity contribution < 1.29 is 4.39 Å². The highest BCUT2D eigenvalue weighted by Gasteiger charge is 2.66. The van der Waals surface area contributed by atoms with E-state index in [9.17, 15) is 4.39 Å². The SMILES string of the molecule is CCCNC(Cc1ccc(F)cc1)C1C(C)(C)C1(C)C. The zero-order valence-electron chi connectivity index (χ0n) is 13.5. The van der Waals surface area contributed by atoms with E-state index in [4.69, 9.17) is 0 Å². The van der Waals surface area contributed by atoms with Gasteiger partial charge < -0.3 is 5.32 Å². The molecule has 2 heteroatoms. The molecular weight excluding hydrogens is 249 g/mol. The molecular formula is C18H28FN. The molecule has 20 heavy (non-hydrogen) atoms. The first kappa shape index (κ1) is 15.5. The Morgan fingerprint density at radius 1 is 1.10 bits per heavy atom. The fraction of sp³-hybridized carbons (Fsp3) is 0.667. The Kier molecular flexibility index (Phi) is 4.24. The van der Waals surface area contributed by atoms with Gasteiger partial charge in [0.2, 0.25) is 0 Å². The van der Waals surface area contributed by atoms with Crippen LogP contribution in [-0.4, -0.2) is 12.6 Å². The maximum atomic E-state index is 13.0. The Morgan fingerprint density at radius 3 is 2.10 bits per heavy atom. The first-order valence-electron chi connectivity index (χ1n) is 7.78. The third-order valence-corrected chi connectivity index (χ3v) is 5.56. The van der Waals surface area contributed by atoms with Crippen molar-refractivity contribution in [3.05, 3.63) is 35.6 Å². The Balaban J connectivity index is 2.11.